The van der Waals surface area contributed by atoms with Crippen LogP contribution >= 0.6 is 0 Å². The number of carbonyl (C=O) groups excluding carboxylic acids is 1. The first-order valence-electron chi connectivity index (χ1n) is 6.71. The predicted molar refractivity (Wildman–Crippen MR) is 83.5 cm³/mol. The molecular formula is C13H14FN5O5S. The Bertz CT molecular complexity index is 855. The third kappa shape index (κ3) is 4.50. The number of amides is 2. The molecule has 2 rings (SSSR count). The number of methoxy groups -OCH3 is 2. The van der Waals surface area contributed by atoms with E-state index in [2.05, 4.69) is 20.3 Å². The first kappa shape index (κ1) is 18.3. The van der Waals surface area contributed by atoms with E-state index in [1.807, 2.05) is 0 Å². The highest BCUT2D eigenvalue weighted by Gasteiger charge is 2.21. The second-order valence-corrected chi connectivity index (χ2v) is 6.08. The summed E-state index contributed by atoms with van der Waals surface area (Å²) in [4.78, 5) is 22.7. The number of carbonyl (C=O) groups is 1. The summed E-state index contributed by atoms with van der Waals surface area (Å²) in [7, 11) is -1.71. The van der Waals surface area contributed by atoms with Crippen LogP contribution in [0.5, 0.6) is 12.0 Å². The van der Waals surface area contributed by atoms with Gasteiger partial charge in [-0.15, -0.1) is 4.98 Å². The van der Waals surface area contributed by atoms with Gasteiger partial charge in [-0.05, 0) is 6.07 Å². The highest BCUT2D eigenvalue weighted by molar-refractivity contribution is 7.90. The van der Waals surface area contributed by atoms with Gasteiger partial charge in [0.1, 0.15) is 6.67 Å². The SMILES string of the molecule is COc1nc(NC(=O)NS(=O)(=O)c2ccccc2CF)nc(OC)n1. The molecule has 2 amide bonds. The van der Waals surface area contributed by atoms with Crippen LogP contribution in [-0.2, 0) is 16.7 Å². The number of rotatable bonds is 6. The van der Waals surface area contributed by atoms with Gasteiger partial charge in [-0.3, -0.25) is 5.32 Å². The molecular weight excluding hydrogens is 357 g/mol. The summed E-state index contributed by atoms with van der Waals surface area (Å²) >= 11 is 0. The Morgan fingerprint density at radius 3 is 2.28 bits per heavy atom. The number of alkyl halides is 1. The first-order valence-corrected chi connectivity index (χ1v) is 8.19. The van der Waals surface area contributed by atoms with E-state index in [0.29, 0.717) is 0 Å². The molecule has 0 bridgehead atoms. The van der Waals surface area contributed by atoms with Gasteiger partial charge in [0.25, 0.3) is 10.0 Å². The fraction of sp³-hybridized carbons (Fsp3) is 0.231. The summed E-state index contributed by atoms with van der Waals surface area (Å²) in [5, 5.41) is 2.11. The van der Waals surface area contributed by atoms with Crippen molar-refractivity contribution in [2.75, 3.05) is 19.5 Å². The van der Waals surface area contributed by atoms with E-state index in [1.54, 1.807) is 4.72 Å². The van der Waals surface area contributed by atoms with Crippen molar-refractivity contribution in [2.24, 2.45) is 0 Å². The number of anilines is 1. The van der Waals surface area contributed by atoms with Crippen LogP contribution in [0, 0.1) is 0 Å². The van der Waals surface area contributed by atoms with Crippen LogP contribution in [-0.4, -0.2) is 43.6 Å². The van der Waals surface area contributed by atoms with E-state index in [1.165, 1.54) is 38.5 Å². The van der Waals surface area contributed by atoms with Gasteiger partial charge in [-0.1, -0.05) is 18.2 Å². The minimum absolute atomic E-state index is 0.0775. The van der Waals surface area contributed by atoms with Gasteiger partial charge in [0.05, 0.1) is 19.1 Å². The van der Waals surface area contributed by atoms with Crippen LogP contribution < -0.4 is 19.5 Å². The van der Waals surface area contributed by atoms with Crippen molar-refractivity contribution in [3.05, 3.63) is 29.8 Å². The second-order valence-electron chi connectivity index (χ2n) is 4.43. The molecule has 25 heavy (non-hydrogen) atoms. The van der Waals surface area contributed by atoms with E-state index in [9.17, 15) is 17.6 Å². The van der Waals surface area contributed by atoms with Crippen molar-refractivity contribution >= 4 is 22.0 Å². The fourth-order valence-corrected chi connectivity index (χ4v) is 2.89. The molecule has 0 aliphatic carbocycles. The van der Waals surface area contributed by atoms with Crippen LogP contribution in [0.1, 0.15) is 5.56 Å². The van der Waals surface area contributed by atoms with E-state index in [4.69, 9.17) is 9.47 Å². The molecule has 0 spiro atoms. The molecule has 1 aromatic heterocycles. The number of urea groups is 1. The van der Waals surface area contributed by atoms with Crippen molar-refractivity contribution < 1.29 is 27.1 Å². The maximum atomic E-state index is 12.9. The lowest BCUT2D eigenvalue weighted by atomic mass is 10.2. The van der Waals surface area contributed by atoms with E-state index in [-0.39, 0.29) is 28.4 Å². The Kier molecular flexibility index (Phi) is 5.64. The number of ether oxygens (including phenoxy) is 2. The number of hydrogen-bond donors (Lipinski definition) is 2. The summed E-state index contributed by atoms with van der Waals surface area (Å²) in [6, 6.07) is 3.93. The number of nitrogens with zero attached hydrogens (tertiary/aromatic N) is 3. The molecule has 12 heteroatoms. The number of halogens is 1. The Morgan fingerprint density at radius 2 is 1.72 bits per heavy atom. The summed E-state index contributed by atoms with van der Waals surface area (Å²) in [5.74, 6) is -0.296. The van der Waals surface area contributed by atoms with Crippen molar-refractivity contribution in [3.8, 4) is 12.0 Å². The molecule has 1 heterocycles. The molecule has 1 aromatic carbocycles. The molecule has 0 aliphatic rings. The van der Waals surface area contributed by atoms with Gasteiger partial charge in [-0.2, -0.15) is 9.97 Å². The van der Waals surface area contributed by atoms with Crippen molar-refractivity contribution in [2.45, 2.75) is 11.6 Å². The summed E-state index contributed by atoms with van der Waals surface area (Å²) in [6.45, 7) is -0.999. The van der Waals surface area contributed by atoms with Crippen LogP contribution in [0.4, 0.5) is 15.1 Å². The lowest BCUT2D eigenvalue weighted by molar-refractivity contribution is 0.256. The number of nitrogens with one attached hydrogen (secondary N) is 2. The summed E-state index contributed by atoms with van der Waals surface area (Å²) in [5.41, 5.74) is -0.0775. The summed E-state index contributed by atoms with van der Waals surface area (Å²) < 4.78 is 48.7. The normalized spacial score (nSPS) is 10.8. The average molecular weight is 371 g/mol. The third-order valence-corrected chi connectivity index (χ3v) is 4.25. The molecule has 0 radical (unpaired) electrons. The zero-order valence-electron chi connectivity index (χ0n) is 13.2. The molecule has 0 atom stereocenters. The highest BCUT2D eigenvalue weighted by Crippen LogP contribution is 2.17. The number of aromatic nitrogens is 3. The minimum atomic E-state index is -4.29. The summed E-state index contributed by atoms with van der Waals surface area (Å²) in [6.07, 6.45) is 0. The van der Waals surface area contributed by atoms with E-state index >= 15 is 0 Å². The molecule has 0 saturated carbocycles. The quantitative estimate of drug-likeness (QED) is 0.764. The van der Waals surface area contributed by atoms with Gasteiger partial charge in [0.15, 0.2) is 0 Å². The lowest BCUT2D eigenvalue weighted by Crippen LogP contribution is -2.35. The molecule has 10 nitrogen and oxygen atoms in total. The van der Waals surface area contributed by atoms with Gasteiger partial charge in [0.2, 0.25) is 5.95 Å². The smallest absolute Gasteiger partial charge is 0.335 e. The standard InChI is InChI=1S/C13H14FN5O5S/c1-23-12-16-10(17-13(18-12)24-2)15-11(20)19-25(21,22)9-6-4-3-5-8(9)7-14/h3-6H,7H2,1-2H3,(H2,15,16,17,18,19,20). The van der Waals surface area contributed by atoms with Crippen molar-refractivity contribution in [1.29, 1.82) is 0 Å². The van der Waals surface area contributed by atoms with Crippen LogP contribution in [0.25, 0.3) is 0 Å². The van der Waals surface area contributed by atoms with Gasteiger partial charge >= 0.3 is 18.1 Å². The molecule has 2 aromatic rings. The fourth-order valence-electron chi connectivity index (χ4n) is 1.76. The maximum absolute atomic E-state index is 12.9. The largest absolute Gasteiger partial charge is 0.467 e. The molecule has 0 aliphatic heterocycles. The molecule has 0 saturated heterocycles. The number of benzene rings is 1. The predicted octanol–water partition coefficient (Wildman–Crippen LogP) is 0.869. The maximum Gasteiger partial charge on any atom is 0.335 e. The van der Waals surface area contributed by atoms with E-state index in [0.717, 1.165) is 0 Å². The zero-order valence-corrected chi connectivity index (χ0v) is 14.0. The van der Waals surface area contributed by atoms with Crippen molar-refractivity contribution in [1.82, 2.24) is 19.7 Å². The van der Waals surface area contributed by atoms with Crippen LogP contribution in [0.2, 0.25) is 0 Å². The molecule has 0 unspecified atom stereocenters. The monoisotopic (exact) mass is 371 g/mol. The lowest BCUT2D eigenvalue weighted by Gasteiger charge is -2.10. The topological polar surface area (TPSA) is 132 Å². The van der Waals surface area contributed by atoms with Crippen LogP contribution in [0.3, 0.4) is 0 Å². The highest BCUT2D eigenvalue weighted by atomic mass is 32.2. The Morgan fingerprint density at radius 1 is 1.12 bits per heavy atom. The average Bonchev–Trinajstić information content (AvgIpc) is 2.60. The Balaban J connectivity index is 2.19. The third-order valence-electron chi connectivity index (χ3n) is 2.82. The van der Waals surface area contributed by atoms with Crippen LogP contribution in [0.15, 0.2) is 29.2 Å². The number of hydrogen-bond acceptors (Lipinski definition) is 8. The Hall–Kier alpha value is -3.02. The van der Waals surface area contributed by atoms with Crippen molar-refractivity contribution in [3.63, 3.8) is 0 Å². The van der Waals surface area contributed by atoms with Gasteiger partial charge in [0, 0.05) is 5.56 Å². The van der Waals surface area contributed by atoms with Gasteiger partial charge < -0.3 is 9.47 Å². The Labute approximate surface area is 142 Å². The zero-order chi connectivity index (χ0) is 18.4. The van der Waals surface area contributed by atoms with E-state index < -0.39 is 22.7 Å². The molecule has 0 fully saturated rings. The molecule has 2 N–H and O–H groups in total. The van der Waals surface area contributed by atoms with Gasteiger partial charge in [-0.25, -0.2) is 22.3 Å². The minimum Gasteiger partial charge on any atom is -0.467 e. The first-order chi connectivity index (χ1) is 11.9. The second kappa shape index (κ2) is 7.70. The molecule has 134 valence electrons. The number of sulfonamides is 1.